The minimum atomic E-state index is -4.33. The third kappa shape index (κ3) is 5.20. The van der Waals surface area contributed by atoms with Crippen LogP contribution in [0, 0.1) is 40.7 Å². The summed E-state index contributed by atoms with van der Waals surface area (Å²) in [4.78, 5) is 0. The fourth-order valence-electron chi connectivity index (χ4n) is 3.90. The summed E-state index contributed by atoms with van der Waals surface area (Å²) >= 11 is 0. The summed E-state index contributed by atoms with van der Waals surface area (Å²) in [5.41, 5.74) is -2.51. The predicted octanol–water partition coefficient (Wildman–Crippen LogP) is 9.08. The van der Waals surface area contributed by atoms with Crippen LogP contribution < -0.4 is 4.74 Å². The van der Waals surface area contributed by atoms with Crippen molar-refractivity contribution in [1.29, 1.82) is 0 Å². The van der Waals surface area contributed by atoms with Gasteiger partial charge in [-0.2, -0.15) is 8.78 Å². The number of rotatable bonds is 7. The summed E-state index contributed by atoms with van der Waals surface area (Å²) in [6, 6.07) is 7.94. The Morgan fingerprint density at radius 1 is 0.605 bits per heavy atom. The van der Waals surface area contributed by atoms with Gasteiger partial charge in [0, 0.05) is 17.2 Å². The lowest BCUT2D eigenvalue weighted by molar-refractivity contribution is -0.187. The van der Waals surface area contributed by atoms with Gasteiger partial charge in [0.15, 0.2) is 29.1 Å². The molecule has 0 N–H and O–H groups in total. The van der Waals surface area contributed by atoms with E-state index in [1.54, 1.807) is 6.92 Å². The quantitative estimate of drug-likeness (QED) is 0.168. The molecule has 0 atom stereocenters. The molecule has 0 spiro atoms. The zero-order valence-corrected chi connectivity index (χ0v) is 19.5. The van der Waals surface area contributed by atoms with Gasteiger partial charge in [0.2, 0.25) is 0 Å². The van der Waals surface area contributed by atoms with Gasteiger partial charge in [-0.05, 0) is 59.5 Å². The summed E-state index contributed by atoms with van der Waals surface area (Å²) in [5, 5.41) is 0. The second kappa shape index (κ2) is 10.4. The minimum Gasteiger partial charge on any atom is -0.429 e. The van der Waals surface area contributed by atoms with Gasteiger partial charge in [-0.3, -0.25) is 0 Å². The molecule has 0 unspecified atom stereocenters. The van der Waals surface area contributed by atoms with E-state index in [0.717, 1.165) is 18.2 Å². The van der Waals surface area contributed by atoms with Crippen molar-refractivity contribution in [3.8, 4) is 28.0 Å². The monoisotopic (exact) mass is 540 g/mol. The summed E-state index contributed by atoms with van der Waals surface area (Å²) in [6.45, 7) is 1.78. The fourth-order valence-corrected chi connectivity index (χ4v) is 3.90. The maximum absolute atomic E-state index is 14.8. The second-order valence-electron chi connectivity index (χ2n) is 8.36. The lowest BCUT2D eigenvalue weighted by Crippen LogP contribution is -2.23. The third-order valence-corrected chi connectivity index (χ3v) is 5.76. The maximum atomic E-state index is 14.8. The lowest BCUT2D eigenvalue weighted by Gasteiger charge is -2.20. The Bertz CT molecular complexity index is 1490. The zero-order valence-electron chi connectivity index (χ0n) is 19.5. The van der Waals surface area contributed by atoms with Crippen LogP contribution in [-0.2, 0) is 12.5 Å². The van der Waals surface area contributed by atoms with Gasteiger partial charge in [-0.25, -0.2) is 30.7 Å². The number of hydrogen-bond acceptors (Lipinski definition) is 1. The molecule has 0 amide bonds. The zero-order chi connectivity index (χ0) is 27.8. The van der Waals surface area contributed by atoms with Crippen molar-refractivity contribution in [2.24, 2.45) is 0 Å². The predicted molar refractivity (Wildman–Crippen MR) is 122 cm³/mol. The van der Waals surface area contributed by atoms with Crippen LogP contribution in [0.25, 0.3) is 22.3 Å². The van der Waals surface area contributed by atoms with Crippen LogP contribution in [0.1, 0.15) is 24.5 Å². The van der Waals surface area contributed by atoms with Gasteiger partial charge >= 0.3 is 6.11 Å². The van der Waals surface area contributed by atoms with Gasteiger partial charge in [0.05, 0.1) is 5.56 Å². The van der Waals surface area contributed by atoms with Gasteiger partial charge < -0.3 is 4.74 Å². The molecule has 4 aromatic rings. The highest BCUT2D eigenvalue weighted by Gasteiger charge is 2.38. The summed E-state index contributed by atoms with van der Waals surface area (Å²) in [7, 11) is 0. The van der Waals surface area contributed by atoms with Crippen molar-refractivity contribution in [2.75, 3.05) is 0 Å². The van der Waals surface area contributed by atoms with Gasteiger partial charge in [0.25, 0.3) is 0 Å². The van der Waals surface area contributed by atoms with E-state index < -0.39 is 69.3 Å². The molecule has 0 aliphatic heterocycles. The number of aryl methyl sites for hydroxylation is 1. The molecule has 1 nitrogen and oxygen atoms in total. The van der Waals surface area contributed by atoms with E-state index in [0.29, 0.717) is 36.8 Å². The third-order valence-electron chi connectivity index (χ3n) is 5.76. The lowest BCUT2D eigenvalue weighted by atomic mass is 9.99. The molecule has 0 radical (unpaired) electrons. The average molecular weight is 540 g/mol. The normalized spacial score (nSPS) is 11.6. The average Bonchev–Trinajstić information content (AvgIpc) is 2.85. The second-order valence-corrected chi connectivity index (χ2v) is 8.36. The van der Waals surface area contributed by atoms with E-state index >= 15 is 0 Å². The number of alkyl halides is 2. The van der Waals surface area contributed by atoms with Crippen molar-refractivity contribution in [3.63, 3.8) is 0 Å². The maximum Gasteiger partial charge on any atom is 0.429 e. The molecule has 4 rings (SSSR count). The van der Waals surface area contributed by atoms with E-state index in [2.05, 4.69) is 4.74 Å². The summed E-state index contributed by atoms with van der Waals surface area (Å²) in [5.74, 6) is -10.8. The van der Waals surface area contributed by atoms with E-state index in [1.807, 2.05) is 0 Å². The first kappa shape index (κ1) is 27.1. The van der Waals surface area contributed by atoms with Crippen LogP contribution in [0.5, 0.6) is 5.75 Å². The van der Waals surface area contributed by atoms with Crippen molar-refractivity contribution < 1.29 is 44.3 Å². The van der Waals surface area contributed by atoms with Gasteiger partial charge in [-0.1, -0.05) is 31.5 Å². The number of benzene rings is 4. The largest absolute Gasteiger partial charge is 0.429 e. The van der Waals surface area contributed by atoms with E-state index in [4.69, 9.17) is 0 Å². The Balaban J connectivity index is 1.60. The molecule has 0 saturated heterocycles. The van der Waals surface area contributed by atoms with Crippen LogP contribution >= 0.6 is 0 Å². The molecular formula is C28H17F9O. The molecule has 4 aromatic carbocycles. The van der Waals surface area contributed by atoms with Gasteiger partial charge in [0.1, 0.15) is 17.4 Å². The standard InChI is InChI=1S/C28H17F9O/c1-2-3-14-4-7-19(26(34)25(14)33)15-5-9-20(22(30)10-15)28(36,37)38-17-6-8-18(21(29)13-17)16-11-23(31)27(35)24(32)12-16/h4-13H,2-3H2,1H3. The van der Waals surface area contributed by atoms with Crippen molar-refractivity contribution in [3.05, 3.63) is 113 Å². The molecule has 10 heteroatoms. The van der Waals surface area contributed by atoms with Crippen LogP contribution in [-0.4, -0.2) is 0 Å². The topological polar surface area (TPSA) is 9.23 Å². The van der Waals surface area contributed by atoms with E-state index in [-0.39, 0.29) is 23.1 Å². The SMILES string of the molecule is CCCc1ccc(-c2ccc(C(F)(F)Oc3ccc(-c4cc(F)c(F)c(F)c4)c(F)c3)c(F)c2)c(F)c1F. The molecule has 38 heavy (non-hydrogen) atoms. The van der Waals surface area contributed by atoms with Crippen LogP contribution in [0.4, 0.5) is 39.5 Å². The Morgan fingerprint density at radius 2 is 1.24 bits per heavy atom. The Kier molecular flexibility index (Phi) is 7.44. The van der Waals surface area contributed by atoms with E-state index in [9.17, 15) is 39.5 Å². The highest BCUT2D eigenvalue weighted by atomic mass is 19.3. The molecule has 0 aliphatic rings. The smallest absolute Gasteiger partial charge is 0.429 e. The Hall–Kier alpha value is -3.95. The Morgan fingerprint density at radius 3 is 1.84 bits per heavy atom. The number of hydrogen-bond donors (Lipinski definition) is 0. The minimum absolute atomic E-state index is 0.124. The fraction of sp³-hybridized carbons (Fsp3) is 0.143. The van der Waals surface area contributed by atoms with Crippen LogP contribution in [0.15, 0.2) is 60.7 Å². The number of halogens is 9. The highest BCUT2D eigenvalue weighted by Crippen LogP contribution is 2.37. The molecule has 0 heterocycles. The summed E-state index contributed by atoms with van der Waals surface area (Å²) in [6.07, 6.45) is -3.50. The van der Waals surface area contributed by atoms with Crippen LogP contribution in [0.2, 0.25) is 0 Å². The first-order valence-electron chi connectivity index (χ1n) is 11.2. The molecule has 0 saturated carbocycles. The molecule has 0 bridgehead atoms. The first-order chi connectivity index (χ1) is 17.9. The molecular weight excluding hydrogens is 523 g/mol. The molecule has 0 aromatic heterocycles. The summed E-state index contributed by atoms with van der Waals surface area (Å²) < 4.78 is 132. The first-order valence-corrected chi connectivity index (χ1v) is 11.2. The van der Waals surface area contributed by atoms with Gasteiger partial charge in [-0.15, -0.1) is 0 Å². The number of ether oxygens (including phenoxy) is 1. The van der Waals surface area contributed by atoms with Crippen molar-refractivity contribution in [2.45, 2.75) is 25.9 Å². The van der Waals surface area contributed by atoms with Crippen LogP contribution in [0.3, 0.4) is 0 Å². The highest BCUT2D eigenvalue weighted by molar-refractivity contribution is 5.66. The molecule has 198 valence electrons. The van der Waals surface area contributed by atoms with E-state index in [1.165, 1.54) is 12.1 Å². The molecule has 0 aliphatic carbocycles. The Labute approximate surface area is 211 Å². The van der Waals surface area contributed by atoms with Crippen molar-refractivity contribution in [1.82, 2.24) is 0 Å². The van der Waals surface area contributed by atoms with Crippen molar-refractivity contribution >= 4 is 0 Å². The molecule has 0 fully saturated rings.